The summed E-state index contributed by atoms with van der Waals surface area (Å²) in [5, 5.41) is 0. The molecule has 0 radical (unpaired) electrons. The number of hydrogen-bond acceptors (Lipinski definition) is 0. The van der Waals surface area contributed by atoms with E-state index in [1.165, 1.54) is 48.8 Å². The topological polar surface area (TPSA) is 0 Å². The van der Waals surface area contributed by atoms with Crippen molar-refractivity contribution in [3.63, 3.8) is 0 Å². The van der Waals surface area contributed by atoms with Crippen LogP contribution in [0.1, 0.15) is 93.2 Å². The number of rotatable bonds is 5. The first-order valence-corrected chi connectivity index (χ1v) is 9.18. The summed E-state index contributed by atoms with van der Waals surface area (Å²) in [7, 11) is 0. The van der Waals surface area contributed by atoms with E-state index in [0.29, 0.717) is 16.7 Å². The molecule has 0 N–H and O–H groups in total. The molecule has 112 valence electrons. The molecular weight excluding hydrogens is 308 g/mol. The van der Waals surface area contributed by atoms with Gasteiger partial charge in [0.05, 0.1) is 0 Å². The fraction of sp³-hybridized carbons (Fsp3) is 0.684. The van der Waals surface area contributed by atoms with Crippen molar-refractivity contribution in [2.24, 2.45) is 5.92 Å². The van der Waals surface area contributed by atoms with E-state index in [9.17, 15) is 0 Å². The van der Waals surface area contributed by atoms with Crippen LogP contribution in [0.15, 0.2) is 18.2 Å². The van der Waals surface area contributed by atoms with Gasteiger partial charge in [-0.25, -0.2) is 0 Å². The zero-order valence-electron chi connectivity index (χ0n) is 13.5. The third-order valence-electron chi connectivity index (χ3n) is 4.75. The number of hydrogen-bond donors (Lipinski definition) is 0. The molecule has 1 fully saturated rings. The van der Waals surface area contributed by atoms with Crippen LogP contribution in [-0.2, 0) is 0 Å². The molecule has 1 saturated carbocycles. The third-order valence-corrected chi connectivity index (χ3v) is 5.62. The molecule has 0 bridgehead atoms. The van der Waals surface area contributed by atoms with Crippen molar-refractivity contribution >= 4 is 15.9 Å². The first-order valence-electron chi connectivity index (χ1n) is 8.26. The Morgan fingerprint density at radius 3 is 2.20 bits per heavy atom. The standard InChI is InChI=1S/C19H29Br/c1-13(2)16-9-10-17(18(12-16)14(3)4)19(20)11-15-7-5-6-8-15/h9-10,12-15,19H,5-8,11H2,1-4H3. The van der Waals surface area contributed by atoms with Gasteiger partial charge in [-0.1, -0.05) is 87.5 Å². The minimum absolute atomic E-state index is 0.532. The highest BCUT2D eigenvalue weighted by atomic mass is 79.9. The average molecular weight is 337 g/mol. The second-order valence-electron chi connectivity index (χ2n) is 7.05. The van der Waals surface area contributed by atoms with Crippen LogP contribution in [0.25, 0.3) is 0 Å². The number of alkyl halides is 1. The molecule has 0 nitrogen and oxygen atoms in total. The molecule has 2 rings (SSSR count). The maximum Gasteiger partial charge on any atom is 0.0400 e. The molecule has 0 spiro atoms. The van der Waals surface area contributed by atoms with E-state index in [2.05, 4.69) is 61.8 Å². The van der Waals surface area contributed by atoms with E-state index < -0.39 is 0 Å². The van der Waals surface area contributed by atoms with Crippen molar-refractivity contribution in [1.82, 2.24) is 0 Å². The highest BCUT2D eigenvalue weighted by Crippen LogP contribution is 2.40. The van der Waals surface area contributed by atoms with Crippen LogP contribution in [-0.4, -0.2) is 0 Å². The minimum atomic E-state index is 0.532. The van der Waals surface area contributed by atoms with E-state index >= 15 is 0 Å². The quantitative estimate of drug-likeness (QED) is 0.510. The Morgan fingerprint density at radius 2 is 1.65 bits per heavy atom. The summed E-state index contributed by atoms with van der Waals surface area (Å²) in [6.45, 7) is 9.20. The van der Waals surface area contributed by atoms with Gasteiger partial charge in [0.1, 0.15) is 0 Å². The molecule has 1 aliphatic rings. The van der Waals surface area contributed by atoms with Gasteiger partial charge in [-0.15, -0.1) is 0 Å². The lowest BCUT2D eigenvalue weighted by Crippen LogP contribution is -2.05. The summed E-state index contributed by atoms with van der Waals surface area (Å²) in [4.78, 5) is 0.532. The Kier molecular flexibility index (Phi) is 5.72. The van der Waals surface area contributed by atoms with E-state index in [1.807, 2.05) is 0 Å². The zero-order valence-corrected chi connectivity index (χ0v) is 15.0. The highest BCUT2D eigenvalue weighted by molar-refractivity contribution is 9.09. The van der Waals surface area contributed by atoms with Gasteiger partial charge < -0.3 is 0 Å². The van der Waals surface area contributed by atoms with Crippen LogP contribution in [0, 0.1) is 5.92 Å². The Bertz CT molecular complexity index is 427. The molecule has 0 aliphatic heterocycles. The summed E-state index contributed by atoms with van der Waals surface area (Å²) in [5.74, 6) is 2.15. The van der Waals surface area contributed by atoms with Crippen molar-refractivity contribution in [2.75, 3.05) is 0 Å². The lowest BCUT2D eigenvalue weighted by Gasteiger charge is -2.22. The Labute approximate surface area is 133 Å². The van der Waals surface area contributed by atoms with Gasteiger partial charge >= 0.3 is 0 Å². The van der Waals surface area contributed by atoms with Crippen molar-refractivity contribution in [3.8, 4) is 0 Å². The van der Waals surface area contributed by atoms with Gasteiger partial charge in [0, 0.05) is 4.83 Å². The first kappa shape index (κ1) is 16.1. The van der Waals surface area contributed by atoms with Crippen LogP contribution in [0.4, 0.5) is 0 Å². The summed E-state index contributed by atoms with van der Waals surface area (Å²) in [6, 6.07) is 7.14. The van der Waals surface area contributed by atoms with E-state index in [0.717, 1.165) is 5.92 Å². The van der Waals surface area contributed by atoms with Gasteiger partial charge in [-0.05, 0) is 40.9 Å². The molecule has 1 aromatic carbocycles. The number of benzene rings is 1. The molecule has 0 heterocycles. The Morgan fingerprint density at radius 1 is 1.00 bits per heavy atom. The Hall–Kier alpha value is -0.300. The molecular formula is C19H29Br. The Balaban J connectivity index is 2.20. The van der Waals surface area contributed by atoms with Gasteiger partial charge in [0.15, 0.2) is 0 Å². The van der Waals surface area contributed by atoms with Crippen molar-refractivity contribution < 1.29 is 0 Å². The van der Waals surface area contributed by atoms with Crippen molar-refractivity contribution in [2.45, 2.75) is 76.5 Å². The average Bonchev–Trinajstić information content (AvgIpc) is 2.90. The molecule has 20 heavy (non-hydrogen) atoms. The van der Waals surface area contributed by atoms with Gasteiger partial charge in [0.2, 0.25) is 0 Å². The maximum absolute atomic E-state index is 3.98. The van der Waals surface area contributed by atoms with Gasteiger partial charge in [-0.3, -0.25) is 0 Å². The molecule has 1 atom stereocenters. The lowest BCUT2D eigenvalue weighted by molar-refractivity contribution is 0.500. The normalized spacial score (nSPS) is 18.1. The van der Waals surface area contributed by atoms with E-state index in [-0.39, 0.29) is 0 Å². The van der Waals surface area contributed by atoms with Crippen LogP contribution in [0.2, 0.25) is 0 Å². The molecule has 1 heteroatoms. The van der Waals surface area contributed by atoms with Gasteiger partial charge in [0.25, 0.3) is 0 Å². The van der Waals surface area contributed by atoms with Crippen molar-refractivity contribution in [1.29, 1.82) is 0 Å². The summed E-state index contributed by atoms with van der Waals surface area (Å²) >= 11 is 3.98. The fourth-order valence-electron chi connectivity index (χ4n) is 3.40. The predicted octanol–water partition coefficient (Wildman–Crippen LogP) is 6.95. The predicted molar refractivity (Wildman–Crippen MR) is 92.9 cm³/mol. The monoisotopic (exact) mass is 336 g/mol. The maximum atomic E-state index is 3.98. The van der Waals surface area contributed by atoms with Gasteiger partial charge in [-0.2, -0.15) is 0 Å². The summed E-state index contributed by atoms with van der Waals surface area (Å²) in [6.07, 6.45) is 7.05. The molecule has 1 aliphatic carbocycles. The van der Waals surface area contributed by atoms with Crippen LogP contribution >= 0.6 is 15.9 Å². The molecule has 1 aromatic rings. The largest absolute Gasteiger partial charge is 0.0839 e. The second kappa shape index (κ2) is 7.11. The molecule has 0 aromatic heterocycles. The number of halogens is 1. The fourth-order valence-corrected chi connectivity index (χ4v) is 4.35. The van der Waals surface area contributed by atoms with Crippen LogP contribution in [0.5, 0.6) is 0 Å². The highest BCUT2D eigenvalue weighted by Gasteiger charge is 2.22. The molecule has 0 saturated heterocycles. The van der Waals surface area contributed by atoms with Crippen molar-refractivity contribution in [3.05, 3.63) is 34.9 Å². The van der Waals surface area contributed by atoms with Crippen LogP contribution < -0.4 is 0 Å². The minimum Gasteiger partial charge on any atom is -0.0839 e. The summed E-state index contributed by atoms with van der Waals surface area (Å²) in [5.41, 5.74) is 4.53. The first-order chi connectivity index (χ1) is 9.49. The molecule has 1 unspecified atom stereocenters. The SMILES string of the molecule is CC(C)c1ccc(C(Br)CC2CCCC2)c(C(C)C)c1. The summed E-state index contributed by atoms with van der Waals surface area (Å²) < 4.78 is 0. The van der Waals surface area contributed by atoms with Crippen LogP contribution in [0.3, 0.4) is 0 Å². The van der Waals surface area contributed by atoms with E-state index in [4.69, 9.17) is 0 Å². The second-order valence-corrected chi connectivity index (χ2v) is 8.16. The van der Waals surface area contributed by atoms with E-state index in [1.54, 1.807) is 0 Å². The molecule has 0 amide bonds. The third kappa shape index (κ3) is 3.87. The lowest BCUT2D eigenvalue weighted by atomic mass is 9.88. The smallest absolute Gasteiger partial charge is 0.0400 e. The zero-order chi connectivity index (χ0) is 14.7.